The summed E-state index contributed by atoms with van der Waals surface area (Å²) in [6, 6.07) is 12.8. The quantitative estimate of drug-likeness (QED) is 0.306. The van der Waals surface area contributed by atoms with Gasteiger partial charge < -0.3 is 15.2 Å². The number of non-ortho nitro benzene ring substituents is 1. The third kappa shape index (κ3) is 5.24. The van der Waals surface area contributed by atoms with E-state index in [1.807, 2.05) is 26.0 Å². The first-order chi connectivity index (χ1) is 15.3. The summed E-state index contributed by atoms with van der Waals surface area (Å²) < 4.78 is 3.48. The lowest BCUT2D eigenvalue weighted by molar-refractivity contribution is -0.384. The van der Waals surface area contributed by atoms with E-state index in [1.54, 1.807) is 16.7 Å². The first-order valence-corrected chi connectivity index (χ1v) is 10.3. The third-order valence-corrected chi connectivity index (χ3v) is 5.20. The summed E-state index contributed by atoms with van der Waals surface area (Å²) in [6.07, 6.45) is 0. The van der Waals surface area contributed by atoms with Gasteiger partial charge in [0, 0.05) is 29.9 Å². The molecule has 1 aromatic heterocycles. The first-order valence-electron chi connectivity index (χ1n) is 9.84. The average Bonchev–Trinajstić information content (AvgIpc) is 3.06. The van der Waals surface area contributed by atoms with Crippen LogP contribution in [-0.2, 0) is 24.4 Å². The minimum atomic E-state index is -0.512. The highest BCUT2D eigenvalue weighted by molar-refractivity contribution is 7.71. The van der Waals surface area contributed by atoms with Gasteiger partial charge in [0.2, 0.25) is 5.91 Å². The van der Waals surface area contributed by atoms with E-state index in [1.165, 1.54) is 28.9 Å². The van der Waals surface area contributed by atoms with Crippen molar-refractivity contribution in [2.75, 3.05) is 5.32 Å². The summed E-state index contributed by atoms with van der Waals surface area (Å²) in [5.74, 6) is -0.0732. The summed E-state index contributed by atoms with van der Waals surface area (Å²) in [7, 11) is 0. The van der Waals surface area contributed by atoms with Gasteiger partial charge in [0.05, 0.1) is 11.5 Å². The molecule has 0 aliphatic rings. The summed E-state index contributed by atoms with van der Waals surface area (Å²) >= 11 is 5.43. The molecule has 3 rings (SSSR count). The lowest BCUT2D eigenvalue weighted by atomic mass is 10.1. The van der Waals surface area contributed by atoms with Gasteiger partial charge in [-0.15, -0.1) is 0 Å². The molecular weight excluding hydrogens is 432 g/mol. The van der Waals surface area contributed by atoms with E-state index in [0.717, 1.165) is 5.56 Å². The van der Waals surface area contributed by atoms with E-state index >= 15 is 0 Å². The minimum Gasteiger partial charge on any atom is -0.345 e. The van der Waals surface area contributed by atoms with Crippen LogP contribution in [0.5, 0.6) is 0 Å². The molecule has 2 aromatic carbocycles. The largest absolute Gasteiger partial charge is 0.345 e. The molecule has 2 amide bonds. The molecule has 3 aromatic rings. The number of hydrogen-bond donors (Lipinski definition) is 2. The van der Waals surface area contributed by atoms with Crippen LogP contribution in [0.1, 0.15) is 28.7 Å². The zero-order valence-corrected chi connectivity index (χ0v) is 18.4. The summed E-state index contributed by atoms with van der Waals surface area (Å²) in [6.45, 7) is 4.30. The van der Waals surface area contributed by atoms with Crippen molar-refractivity contribution >= 4 is 35.4 Å². The number of nitro benzene ring substituents is 1. The first kappa shape index (κ1) is 22.8. The van der Waals surface area contributed by atoms with Gasteiger partial charge in [0.15, 0.2) is 10.6 Å². The number of anilines is 1. The molecule has 0 spiro atoms. The van der Waals surface area contributed by atoms with Crippen molar-refractivity contribution in [1.82, 2.24) is 19.7 Å². The van der Waals surface area contributed by atoms with E-state index < -0.39 is 4.92 Å². The number of carbonyl (C=O) groups excluding carboxylic acids is 2. The molecule has 10 nitrogen and oxygen atoms in total. The van der Waals surface area contributed by atoms with Crippen LogP contribution in [0.4, 0.5) is 11.4 Å². The zero-order valence-electron chi connectivity index (χ0n) is 17.6. The molecule has 0 aliphatic heterocycles. The predicted molar refractivity (Wildman–Crippen MR) is 121 cm³/mol. The lowest BCUT2D eigenvalue weighted by Gasteiger charge is -2.07. The smallest absolute Gasteiger partial charge is 0.269 e. The Kier molecular flexibility index (Phi) is 7.11. The van der Waals surface area contributed by atoms with Crippen LogP contribution in [0.3, 0.4) is 0 Å². The molecular formula is C21H22N6O4S. The van der Waals surface area contributed by atoms with Crippen LogP contribution in [-0.4, -0.2) is 31.1 Å². The molecule has 166 valence electrons. The maximum absolute atomic E-state index is 12.5. The summed E-state index contributed by atoms with van der Waals surface area (Å²) in [5, 5.41) is 20.6. The van der Waals surface area contributed by atoms with Crippen LogP contribution in [0.15, 0.2) is 48.5 Å². The van der Waals surface area contributed by atoms with Crippen molar-refractivity contribution < 1.29 is 14.5 Å². The van der Waals surface area contributed by atoms with Crippen molar-refractivity contribution in [2.24, 2.45) is 0 Å². The van der Waals surface area contributed by atoms with E-state index in [2.05, 4.69) is 15.7 Å². The SMILES string of the molecule is CCn1c(CNC(=O)c2ccccc2C)nn(CC(=O)Nc2ccc([N+](=O)[O-])cc2)c1=S. The monoisotopic (exact) mass is 454 g/mol. The number of benzene rings is 2. The maximum atomic E-state index is 12.5. The number of hydrogen-bond acceptors (Lipinski definition) is 6. The second-order valence-electron chi connectivity index (χ2n) is 6.95. The van der Waals surface area contributed by atoms with E-state index in [-0.39, 0.29) is 30.6 Å². The molecule has 32 heavy (non-hydrogen) atoms. The van der Waals surface area contributed by atoms with Crippen molar-refractivity contribution in [3.8, 4) is 0 Å². The Morgan fingerprint density at radius 3 is 2.47 bits per heavy atom. The number of amides is 2. The third-order valence-electron chi connectivity index (χ3n) is 4.77. The Hall–Kier alpha value is -3.86. The van der Waals surface area contributed by atoms with Gasteiger partial charge in [-0.2, -0.15) is 5.10 Å². The Labute approximate surface area is 189 Å². The highest BCUT2D eigenvalue weighted by atomic mass is 32.1. The van der Waals surface area contributed by atoms with Gasteiger partial charge in [-0.3, -0.25) is 19.7 Å². The Bertz CT molecular complexity index is 1220. The number of carbonyl (C=O) groups is 2. The molecule has 0 saturated heterocycles. The Morgan fingerprint density at radius 1 is 1.16 bits per heavy atom. The molecule has 1 heterocycles. The van der Waals surface area contributed by atoms with Crippen LogP contribution in [0, 0.1) is 21.8 Å². The molecule has 0 fully saturated rings. The fourth-order valence-electron chi connectivity index (χ4n) is 3.12. The van der Waals surface area contributed by atoms with Gasteiger partial charge in [-0.05, 0) is 49.8 Å². The van der Waals surface area contributed by atoms with Gasteiger partial charge >= 0.3 is 0 Å². The Morgan fingerprint density at radius 2 is 1.84 bits per heavy atom. The normalized spacial score (nSPS) is 10.6. The molecule has 0 bridgehead atoms. The van der Waals surface area contributed by atoms with Crippen LogP contribution in [0.25, 0.3) is 0 Å². The average molecular weight is 455 g/mol. The molecule has 0 unspecified atom stereocenters. The lowest BCUT2D eigenvalue weighted by Crippen LogP contribution is -2.25. The fourth-order valence-corrected chi connectivity index (χ4v) is 3.46. The molecule has 0 saturated carbocycles. The minimum absolute atomic E-state index is 0.0655. The van der Waals surface area contributed by atoms with Crippen molar-refractivity contribution in [1.29, 1.82) is 0 Å². The standard InChI is InChI=1S/C21H22N6O4S/c1-3-25-18(12-22-20(29)17-7-5-4-6-14(17)2)24-26(21(25)32)13-19(28)23-15-8-10-16(11-9-15)27(30)31/h4-11H,3,12-13H2,1-2H3,(H,22,29)(H,23,28). The number of rotatable bonds is 8. The van der Waals surface area contributed by atoms with Crippen LogP contribution in [0.2, 0.25) is 0 Å². The zero-order chi connectivity index (χ0) is 23.3. The number of nitro groups is 1. The van der Waals surface area contributed by atoms with E-state index in [4.69, 9.17) is 12.2 Å². The number of nitrogens with one attached hydrogen (secondary N) is 2. The van der Waals surface area contributed by atoms with Gasteiger partial charge in [-0.25, -0.2) is 4.68 Å². The van der Waals surface area contributed by atoms with Gasteiger partial charge in [-0.1, -0.05) is 18.2 Å². The van der Waals surface area contributed by atoms with Crippen molar-refractivity contribution in [2.45, 2.75) is 33.5 Å². The Balaban J connectivity index is 1.68. The second-order valence-corrected chi connectivity index (χ2v) is 7.32. The van der Waals surface area contributed by atoms with Gasteiger partial charge in [0.25, 0.3) is 11.6 Å². The highest BCUT2D eigenvalue weighted by Gasteiger charge is 2.15. The van der Waals surface area contributed by atoms with E-state index in [9.17, 15) is 19.7 Å². The second kappa shape index (κ2) is 9.96. The maximum Gasteiger partial charge on any atom is 0.269 e. The molecule has 2 N–H and O–H groups in total. The predicted octanol–water partition coefficient (Wildman–Crippen LogP) is 3.22. The van der Waals surface area contributed by atoms with E-state index in [0.29, 0.717) is 28.4 Å². The van der Waals surface area contributed by atoms with Gasteiger partial charge in [0.1, 0.15) is 6.54 Å². The number of aromatic nitrogens is 3. The van der Waals surface area contributed by atoms with Crippen LogP contribution < -0.4 is 10.6 Å². The fraction of sp³-hybridized carbons (Fsp3) is 0.238. The number of aryl methyl sites for hydroxylation is 1. The molecule has 0 aliphatic carbocycles. The van der Waals surface area contributed by atoms with Crippen molar-refractivity contribution in [3.63, 3.8) is 0 Å². The molecule has 11 heteroatoms. The highest BCUT2D eigenvalue weighted by Crippen LogP contribution is 2.15. The van der Waals surface area contributed by atoms with Crippen LogP contribution >= 0.6 is 12.2 Å². The summed E-state index contributed by atoms with van der Waals surface area (Å²) in [5.41, 5.74) is 1.80. The topological polar surface area (TPSA) is 124 Å². The molecule has 0 radical (unpaired) electrons. The number of nitrogens with zero attached hydrogens (tertiary/aromatic N) is 4. The molecule has 0 atom stereocenters. The van der Waals surface area contributed by atoms with Crippen molar-refractivity contribution in [3.05, 3.63) is 80.4 Å². The summed E-state index contributed by atoms with van der Waals surface area (Å²) in [4.78, 5) is 35.1.